The zero-order valence-corrected chi connectivity index (χ0v) is 13.9. The van der Waals surface area contributed by atoms with Gasteiger partial charge in [0.15, 0.2) is 0 Å². The van der Waals surface area contributed by atoms with Gasteiger partial charge in [-0.15, -0.1) is 12.4 Å². The fourth-order valence-corrected chi connectivity index (χ4v) is 4.07. The lowest BCUT2D eigenvalue weighted by molar-refractivity contribution is -0.133. The SMILES string of the molecule is Cl.O=C(CCC1CCCC1)N1CCN(C2CCNC2)CC1. The van der Waals surface area contributed by atoms with E-state index < -0.39 is 0 Å². The second kappa shape index (κ2) is 8.35. The normalized spacial score (nSPS) is 27.8. The maximum Gasteiger partial charge on any atom is 0.222 e. The van der Waals surface area contributed by atoms with E-state index in [0.717, 1.165) is 58.0 Å². The van der Waals surface area contributed by atoms with Crippen molar-refractivity contribution in [2.45, 2.75) is 51.0 Å². The Labute approximate surface area is 135 Å². The van der Waals surface area contributed by atoms with Crippen LogP contribution in [0, 0.1) is 5.92 Å². The molecule has 5 heteroatoms. The molecule has 3 fully saturated rings. The number of halogens is 1. The van der Waals surface area contributed by atoms with E-state index in [0.29, 0.717) is 11.9 Å². The smallest absolute Gasteiger partial charge is 0.222 e. The molecule has 0 bridgehead atoms. The van der Waals surface area contributed by atoms with Crippen LogP contribution in [0.3, 0.4) is 0 Å². The summed E-state index contributed by atoms with van der Waals surface area (Å²) in [5.74, 6) is 1.24. The molecule has 4 nitrogen and oxygen atoms in total. The van der Waals surface area contributed by atoms with E-state index in [4.69, 9.17) is 0 Å². The number of amides is 1. The minimum atomic E-state index is 0. The van der Waals surface area contributed by atoms with Crippen LogP contribution in [-0.2, 0) is 4.79 Å². The maximum atomic E-state index is 12.3. The van der Waals surface area contributed by atoms with Gasteiger partial charge in [0.1, 0.15) is 0 Å². The third kappa shape index (κ3) is 4.57. The van der Waals surface area contributed by atoms with Crippen LogP contribution in [0.1, 0.15) is 44.9 Å². The van der Waals surface area contributed by atoms with Gasteiger partial charge in [-0.25, -0.2) is 0 Å². The van der Waals surface area contributed by atoms with Crippen LogP contribution in [0.15, 0.2) is 0 Å². The van der Waals surface area contributed by atoms with Crippen molar-refractivity contribution in [1.82, 2.24) is 15.1 Å². The van der Waals surface area contributed by atoms with Gasteiger partial charge in [-0.1, -0.05) is 25.7 Å². The number of hydrogen-bond acceptors (Lipinski definition) is 3. The van der Waals surface area contributed by atoms with Gasteiger partial charge in [0.2, 0.25) is 5.91 Å². The molecular formula is C16H30ClN3O. The number of hydrogen-bond donors (Lipinski definition) is 1. The minimum Gasteiger partial charge on any atom is -0.340 e. The summed E-state index contributed by atoms with van der Waals surface area (Å²) in [4.78, 5) is 17.0. The molecule has 0 spiro atoms. The average molecular weight is 316 g/mol. The Balaban J connectivity index is 0.00000161. The molecule has 3 rings (SSSR count). The van der Waals surface area contributed by atoms with Crippen molar-refractivity contribution in [1.29, 1.82) is 0 Å². The summed E-state index contributed by atoms with van der Waals surface area (Å²) < 4.78 is 0. The van der Waals surface area contributed by atoms with Crippen LogP contribution in [0.4, 0.5) is 0 Å². The van der Waals surface area contributed by atoms with Crippen molar-refractivity contribution >= 4 is 18.3 Å². The van der Waals surface area contributed by atoms with Gasteiger partial charge in [-0.2, -0.15) is 0 Å². The third-order valence-corrected chi connectivity index (χ3v) is 5.46. The fraction of sp³-hybridized carbons (Fsp3) is 0.938. The Bertz CT molecular complexity index is 319. The van der Waals surface area contributed by atoms with Gasteiger partial charge in [0.05, 0.1) is 0 Å². The van der Waals surface area contributed by atoms with E-state index in [-0.39, 0.29) is 12.4 Å². The van der Waals surface area contributed by atoms with Crippen molar-refractivity contribution < 1.29 is 4.79 Å². The monoisotopic (exact) mass is 315 g/mol. The van der Waals surface area contributed by atoms with Gasteiger partial charge in [0, 0.05) is 45.2 Å². The summed E-state index contributed by atoms with van der Waals surface area (Å²) in [5.41, 5.74) is 0. The lowest BCUT2D eigenvalue weighted by Crippen LogP contribution is -2.52. The van der Waals surface area contributed by atoms with Crippen LogP contribution in [0.2, 0.25) is 0 Å². The highest BCUT2D eigenvalue weighted by atomic mass is 35.5. The second-order valence-electron chi connectivity index (χ2n) is 6.75. The van der Waals surface area contributed by atoms with Gasteiger partial charge in [-0.05, 0) is 25.3 Å². The lowest BCUT2D eigenvalue weighted by Gasteiger charge is -2.38. The molecule has 0 aromatic carbocycles. The number of nitrogens with one attached hydrogen (secondary N) is 1. The van der Waals surface area contributed by atoms with Crippen LogP contribution in [0.25, 0.3) is 0 Å². The number of carbonyl (C=O) groups is 1. The summed E-state index contributed by atoms with van der Waals surface area (Å²) in [5, 5.41) is 3.43. The Morgan fingerprint density at radius 2 is 1.76 bits per heavy atom. The van der Waals surface area contributed by atoms with Crippen molar-refractivity contribution in [3.63, 3.8) is 0 Å². The van der Waals surface area contributed by atoms with Gasteiger partial charge < -0.3 is 10.2 Å². The molecule has 2 heterocycles. The molecule has 1 saturated carbocycles. The molecule has 122 valence electrons. The molecule has 1 atom stereocenters. The highest BCUT2D eigenvalue weighted by Gasteiger charge is 2.28. The van der Waals surface area contributed by atoms with E-state index >= 15 is 0 Å². The number of rotatable bonds is 4. The standard InChI is InChI=1S/C16H29N3O.ClH/c20-16(6-5-14-3-1-2-4-14)19-11-9-18(10-12-19)15-7-8-17-13-15;/h14-15,17H,1-13H2;1H. The van der Waals surface area contributed by atoms with Crippen LogP contribution in [-0.4, -0.2) is 61.0 Å². The molecule has 0 aromatic rings. The van der Waals surface area contributed by atoms with E-state index in [9.17, 15) is 4.79 Å². The zero-order chi connectivity index (χ0) is 13.8. The summed E-state index contributed by atoms with van der Waals surface area (Å²) in [6.45, 7) is 6.32. The Morgan fingerprint density at radius 3 is 2.38 bits per heavy atom. The molecule has 3 aliphatic rings. The predicted molar refractivity (Wildman–Crippen MR) is 87.9 cm³/mol. The van der Waals surface area contributed by atoms with Crippen LogP contribution >= 0.6 is 12.4 Å². The fourth-order valence-electron chi connectivity index (χ4n) is 4.07. The molecule has 2 saturated heterocycles. The van der Waals surface area contributed by atoms with Gasteiger partial charge in [0.25, 0.3) is 0 Å². The van der Waals surface area contributed by atoms with Crippen LogP contribution in [0.5, 0.6) is 0 Å². The zero-order valence-electron chi connectivity index (χ0n) is 13.1. The highest BCUT2D eigenvalue weighted by molar-refractivity contribution is 5.85. The Hall–Kier alpha value is -0.320. The van der Waals surface area contributed by atoms with Crippen molar-refractivity contribution in [2.75, 3.05) is 39.3 Å². The maximum absolute atomic E-state index is 12.3. The Morgan fingerprint density at radius 1 is 1.05 bits per heavy atom. The highest BCUT2D eigenvalue weighted by Crippen LogP contribution is 2.28. The van der Waals surface area contributed by atoms with E-state index in [2.05, 4.69) is 15.1 Å². The quantitative estimate of drug-likeness (QED) is 0.860. The number of carbonyl (C=O) groups excluding carboxylic acids is 1. The summed E-state index contributed by atoms with van der Waals surface area (Å²) in [7, 11) is 0. The molecule has 1 unspecified atom stereocenters. The van der Waals surface area contributed by atoms with Crippen molar-refractivity contribution in [3.8, 4) is 0 Å². The lowest BCUT2D eigenvalue weighted by atomic mass is 10.0. The molecule has 0 radical (unpaired) electrons. The average Bonchev–Trinajstić information content (AvgIpc) is 3.18. The molecular weight excluding hydrogens is 286 g/mol. The first-order chi connectivity index (χ1) is 9.83. The second-order valence-corrected chi connectivity index (χ2v) is 6.75. The number of piperazine rings is 1. The molecule has 2 aliphatic heterocycles. The molecule has 0 aromatic heterocycles. The third-order valence-electron chi connectivity index (χ3n) is 5.46. The topological polar surface area (TPSA) is 35.6 Å². The molecule has 1 amide bonds. The van der Waals surface area contributed by atoms with Gasteiger partial charge in [-0.3, -0.25) is 9.69 Å². The van der Waals surface area contributed by atoms with Crippen molar-refractivity contribution in [2.24, 2.45) is 5.92 Å². The molecule has 1 aliphatic carbocycles. The number of nitrogens with zero attached hydrogens (tertiary/aromatic N) is 2. The largest absolute Gasteiger partial charge is 0.340 e. The summed E-state index contributed by atoms with van der Waals surface area (Å²) in [6, 6.07) is 0.714. The van der Waals surface area contributed by atoms with Crippen LogP contribution < -0.4 is 5.32 Å². The van der Waals surface area contributed by atoms with E-state index in [1.165, 1.54) is 32.1 Å². The summed E-state index contributed by atoms with van der Waals surface area (Å²) >= 11 is 0. The Kier molecular flexibility index (Phi) is 6.77. The summed E-state index contributed by atoms with van der Waals surface area (Å²) in [6.07, 6.45) is 8.67. The van der Waals surface area contributed by atoms with Gasteiger partial charge >= 0.3 is 0 Å². The van der Waals surface area contributed by atoms with E-state index in [1.807, 2.05) is 0 Å². The molecule has 1 N–H and O–H groups in total. The first-order valence-corrected chi connectivity index (χ1v) is 8.55. The predicted octanol–water partition coefficient (Wildman–Crippen LogP) is 1.88. The van der Waals surface area contributed by atoms with Crippen molar-refractivity contribution in [3.05, 3.63) is 0 Å². The molecule has 21 heavy (non-hydrogen) atoms. The first-order valence-electron chi connectivity index (χ1n) is 8.55. The first kappa shape index (κ1) is 17.0. The minimum absolute atomic E-state index is 0. The van der Waals surface area contributed by atoms with E-state index in [1.54, 1.807) is 0 Å².